The van der Waals surface area contributed by atoms with Gasteiger partial charge < -0.3 is 20.9 Å². The first-order valence-electron chi connectivity index (χ1n) is 8.82. The normalized spacial score (nSPS) is 10.7. The average Bonchev–Trinajstić information content (AvgIpc) is 3.07. The number of nitrogens with zero attached hydrogens (tertiary/aromatic N) is 4. The zero-order valence-electron chi connectivity index (χ0n) is 15.8. The minimum Gasteiger partial charge on any atom is -0.383 e. The third kappa shape index (κ3) is 3.65. The number of halogens is 1. The monoisotopic (exact) mass is 421 g/mol. The number of hydrogen-bond acceptors (Lipinski definition) is 6. The molecule has 150 valence electrons. The number of carbonyl (C=O) groups excluding carboxylic acids is 2. The Kier molecular flexibility index (Phi) is 5.03. The summed E-state index contributed by atoms with van der Waals surface area (Å²) >= 11 is 6.05. The summed E-state index contributed by atoms with van der Waals surface area (Å²) < 4.78 is 1.70. The van der Waals surface area contributed by atoms with Crippen molar-refractivity contribution in [1.82, 2.24) is 19.5 Å². The van der Waals surface area contributed by atoms with Crippen molar-refractivity contribution >= 4 is 51.6 Å². The summed E-state index contributed by atoms with van der Waals surface area (Å²) in [5.41, 5.74) is 7.94. The second-order valence-electron chi connectivity index (χ2n) is 6.46. The predicted molar refractivity (Wildman–Crippen MR) is 115 cm³/mol. The van der Waals surface area contributed by atoms with Gasteiger partial charge in [-0.1, -0.05) is 23.7 Å². The molecule has 0 spiro atoms. The summed E-state index contributed by atoms with van der Waals surface area (Å²) in [6, 6.07) is 7.86. The van der Waals surface area contributed by atoms with Gasteiger partial charge in [0.05, 0.1) is 33.5 Å². The molecule has 30 heavy (non-hydrogen) atoms. The highest BCUT2D eigenvalue weighted by Gasteiger charge is 2.20. The number of nitrogen functional groups attached to an aromatic ring is 1. The van der Waals surface area contributed by atoms with Crippen molar-refractivity contribution in [2.75, 3.05) is 16.4 Å². The van der Waals surface area contributed by atoms with Crippen LogP contribution in [-0.4, -0.2) is 31.3 Å². The van der Waals surface area contributed by atoms with E-state index in [9.17, 15) is 9.59 Å². The van der Waals surface area contributed by atoms with Gasteiger partial charge in [0.15, 0.2) is 5.78 Å². The molecule has 0 aliphatic rings. The van der Waals surface area contributed by atoms with Gasteiger partial charge in [0.1, 0.15) is 17.8 Å². The van der Waals surface area contributed by atoms with Crippen LogP contribution in [0.5, 0.6) is 0 Å². The number of para-hydroxylation sites is 1. The highest BCUT2D eigenvalue weighted by Crippen LogP contribution is 2.26. The molecule has 4 N–H and O–H groups in total. The smallest absolute Gasteiger partial charge is 0.323 e. The number of pyridine rings is 1. The second kappa shape index (κ2) is 7.80. The maximum atomic E-state index is 13.1. The number of benzene rings is 1. The number of nitrogens with one attached hydrogen (secondary N) is 2. The van der Waals surface area contributed by atoms with E-state index in [1.54, 1.807) is 42.1 Å². The van der Waals surface area contributed by atoms with Crippen LogP contribution in [0.1, 0.15) is 15.9 Å². The fourth-order valence-corrected chi connectivity index (χ4v) is 3.22. The van der Waals surface area contributed by atoms with E-state index in [0.29, 0.717) is 33.0 Å². The lowest BCUT2D eigenvalue weighted by Gasteiger charge is -2.09. The molecule has 0 unspecified atom stereocenters. The number of ketones is 1. The minimum atomic E-state index is -0.516. The molecule has 0 saturated heterocycles. The van der Waals surface area contributed by atoms with Crippen molar-refractivity contribution in [3.63, 3.8) is 0 Å². The number of aromatic nitrogens is 4. The quantitative estimate of drug-likeness (QED) is 0.433. The van der Waals surface area contributed by atoms with E-state index in [-0.39, 0.29) is 17.2 Å². The molecule has 4 aromatic rings. The second-order valence-corrected chi connectivity index (χ2v) is 6.87. The van der Waals surface area contributed by atoms with Gasteiger partial charge >= 0.3 is 6.03 Å². The molecule has 0 atom stereocenters. The van der Waals surface area contributed by atoms with Crippen LogP contribution in [-0.2, 0) is 7.05 Å². The maximum Gasteiger partial charge on any atom is 0.323 e. The van der Waals surface area contributed by atoms with E-state index in [1.807, 2.05) is 0 Å². The van der Waals surface area contributed by atoms with E-state index in [2.05, 4.69) is 25.6 Å². The summed E-state index contributed by atoms with van der Waals surface area (Å²) in [5, 5.41) is 6.16. The van der Waals surface area contributed by atoms with Gasteiger partial charge in [0, 0.05) is 25.0 Å². The zero-order chi connectivity index (χ0) is 21.3. The van der Waals surface area contributed by atoms with Crippen LogP contribution in [0.2, 0.25) is 5.02 Å². The molecular formula is C20H16ClN7O2. The molecular weight excluding hydrogens is 406 g/mol. The first kappa shape index (κ1) is 19.3. The Balaban J connectivity index is 1.59. The van der Waals surface area contributed by atoms with Crippen LogP contribution >= 0.6 is 11.6 Å². The van der Waals surface area contributed by atoms with Crippen LogP contribution in [0.3, 0.4) is 0 Å². The molecule has 1 aromatic carbocycles. The lowest BCUT2D eigenvalue weighted by Crippen LogP contribution is -2.20. The molecule has 10 heteroatoms. The van der Waals surface area contributed by atoms with Gasteiger partial charge in [0.25, 0.3) is 0 Å². The number of rotatable bonds is 4. The Bertz CT molecular complexity index is 1290. The molecule has 0 fully saturated rings. The molecule has 3 aromatic heterocycles. The molecule has 0 bridgehead atoms. The van der Waals surface area contributed by atoms with Crippen molar-refractivity contribution in [2.24, 2.45) is 7.05 Å². The fraction of sp³-hybridized carbons (Fsp3) is 0.0500. The molecule has 0 radical (unpaired) electrons. The molecule has 3 heterocycles. The van der Waals surface area contributed by atoms with Gasteiger partial charge in [-0.3, -0.25) is 9.78 Å². The lowest BCUT2D eigenvalue weighted by atomic mass is 10.1. The van der Waals surface area contributed by atoms with Crippen LogP contribution in [0.15, 0.2) is 55.2 Å². The molecule has 4 rings (SSSR count). The number of urea groups is 1. The Morgan fingerprint density at radius 3 is 2.73 bits per heavy atom. The van der Waals surface area contributed by atoms with E-state index in [4.69, 9.17) is 17.3 Å². The lowest BCUT2D eigenvalue weighted by molar-refractivity contribution is 0.103. The molecule has 9 nitrogen and oxygen atoms in total. The first-order chi connectivity index (χ1) is 14.4. The summed E-state index contributed by atoms with van der Waals surface area (Å²) in [7, 11) is 1.76. The highest BCUT2D eigenvalue weighted by molar-refractivity contribution is 6.33. The van der Waals surface area contributed by atoms with E-state index in [0.717, 1.165) is 0 Å². The number of amides is 2. The number of hydrogen-bond donors (Lipinski definition) is 3. The number of aryl methyl sites for hydroxylation is 1. The average molecular weight is 422 g/mol. The third-order valence-corrected chi connectivity index (χ3v) is 4.74. The largest absolute Gasteiger partial charge is 0.383 e. The van der Waals surface area contributed by atoms with Crippen LogP contribution in [0, 0.1) is 0 Å². The van der Waals surface area contributed by atoms with E-state index in [1.165, 1.54) is 24.8 Å². The zero-order valence-corrected chi connectivity index (χ0v) is 16.5. The molecule has 0 aliphatic carbocycles. The SMILES string of the molecule is Cn1cc(C(=O)c2cncc(NC(=O)Nc3ccccc3Cl)c2)c2c(N)ncnc21. The standard InChI is InChI=1S/C20H16ClN7O2/c1-28-9-13(16-18(22)24-10-25-19(16)28)17(29)11-6-12(8-23-7-11)26-20(30)27-15-5-3-2-4-14(15)21/h2-10H,1H3,(H2,22,24,25)(H2,26,27,30). The Hall–Kier alpha value is -3.98. The van der Waals surface area contributed by atoms with Crippen LogP contribution in [0.25, 0.3) is 11.0 Å². The summed E-state index contributed by atoms with van der Waals surface area (Å²) in [6.45, 7) is 0. The predicted octanol–water partition coefficient (Wildman–Crippen LogP) is 3.47. The van der Waals surface area contributed by atoms with Crippen molar-refractivity contribution in [1.29, 1.82) is 0 Å². The Morgan fingerprint density at radius 1 is 1.13 bits per heavy atom. The van der Waals surface area contributed by atoms with Crippen molar-refractivity contribution in [3.05, 3.63) is 71.4 Å². The van der Waals surface area contributed by atoms with Crippen molar-refractivity contribution in [2.45, 2.75) is 0 Å². The molecule has 2 amide bonds. The van der Waals surface area contributed by atoms with Crippen molar-refractivity contribution < 1.29 is 9.59 Å². The van der Waals surface area contributed by atoms with Crippen LogP contribution in [0.4, 0.5) is 22.0 Å². The molecule has 0 saturated carbocycles. The topological polar surface area (TPSA) is 128 Å². The van der Waals surface area contributed by atoms with Gasteiger partial charge in [0.2, 0.25) is 0 Å². The molecule has 0 aliphatic heterocycles. The van der Waals surface area contributed by atoms with Gasteiger partial charge in [-0.15, -0.1) is 0 Å². The van der Waals surface area contributed by atoms with Crippen LogP contribution < -0.4 is 16.4 Å². The van der Waals surface area contributed by atoms with E-state index >= 15 is 0 Å². The number of carbonyl (C=O) groups is 2. The highest BCUT2D eigenvalue weighted by atomic mass is 35.5. The minimum absolute atomic E-state index is 0.213. The Labute approximate surface area is 175 Å². The number of nitrogens with two attached hydrogens (primary N) is 1. The van der Waals surface area contributed by atoms with Gasteiger partial charge in [-0.05, 0) is 18.2 Å². The summed E-state index contributed by atoms with van der Waals surface area (Å²) in [4.78, 5) is 37.6. The van der Waals surface area contributed by atoms with Gasteiger partial charge in [-0.2, -0.15) is 0 Å². The first-order valence-corrected chi connectivity index (χ1v) is 9.19. The van der Waals surface area contributed by atoms with Crippen molar-refractivity contribution in [3.8, 4) is 0 Å². The number of fused-ring (bicyclic) bond motifs is 1. The maximum absolute atomic E-state index is 13.1. The summed E-state index contributed by atoms with van der Waals surface area (Å²) in [6.07, 6.45) is 5.83. The number of anilines is 3. The van der Waals surface area contributed by atoms with E-state index < -0.39 is 6.03 Å². The Morgan fingerprint density at radius 2 is 1.93 bits per heavy atom. The third-order valence-electron chi connectivity index (χ3n) is 4.41. The fourth-order valence-electron chi connectivity index (χ4n) is 3.04. The summed E-state index contributed by atoms with van der Waals surface area (Å²) in [5.74, 6) is -0.102. The van der Waals surface area contributed by atoms with Gasteiger partial charge in [-0.25, -0.2) is 14.8 Å².